The third-order valence-electron chi connectivity index (χ3n) is 4.79. The summed E-state index contributed by atoms with van der Waals surface area (Å²) in [7, 11) is 0. The Morgan fingerprint density at radius 1 is 1.07 bits per heavy atom. The molecule has 0 bridgehead atoms. The average Bonchev–Trinajstić information content (AvgIpc) is 2.99. The van der Waals surface area contributed by atoms with Crippen LogP contribution in [0.15, 0.2) is 71.7 Å². The number of benzene rings is 2. The molecule has 0 fully saturated rings. The number of hydrogen-bond acceptors (Lipinski definition) is 3. The highest BCUT2D eigenvalue weighted by atomic mass is 35.5. The molecule has 2 atom stereocenters. The van der Waals surface area contributed by atoms with E-state index >= 15 is 0 Å². The van der Waals surface area contributed by atoms with Crippen LogP contribution in [-0.4, -0.2) is 21.7 Å². The number of aromatic nitrogens is 1. The molecule has 0 radical (unpaired) electrons. The second-order valence-electron chi connectivity index (χ2n) is 6.51. The third kappa shape index (κ3) is 3.27. The predicted molar refractivity (Wildman–Crippen MR) is 104 cm³/mol. The zero-order valence-electron chi connectivity index (χ0n) is 14.3. The molecule has 1 aromatic heterocycles. The van der Waals surface area contributed by atoms with E-state index in [9.17, 15) is 14.7 Å². The molecule has 0 unspecified atom stereocenters. The summed E-state index contributed by atoms with van der Waals surface area (Å²) in [4.78, 5) is 25.6. The molecule has 136 valence electrons. The molecule has 1 aliphatic rings. The van der Waals surface area contributed by atoms with Crippen molar-refractivity contribution in [2.24, 2.45) is 0 Å². The van der Waals surface area contributed by atoms with Crippen molar-refractivity contribution < 1.29 is 9.90 Å². The first kappa shape index (κ1) is 17.5. The van der Waals surface area contributed by atoms with Gasteiger partial charge < -0.3 is 15.0 Å². The molecular formula is C21H17ClN2O3. The number of halogens is 1. The van der Waals surface area contributed by atoms with Gasteiger partial charge in [0.25, 0.3) is 11.5 Å². The summed E-state index contributed by atoms with van der Waals surface area (Å²) in [5.41, 5.74) is 2.04. The summed E-state index contributed by atoms with van der Waals surface area (Å²) >= 11 is 5.85. The molecule has 0 saturated carbocycles. The van der Waals surface area contributed by atoms with Crippen molar-refractivity contribution in [3.05, 3.63) is 98.9 Å². The van der Waals surface area contributed by atoms with Crippen molar-refractivity contribution >= 4 is 23.2 Å². The minimum atomic E-state index is -0.713. The van der Waals surface area contributed by atoms with Crippen LogP contribution >= 0.6 is 11.6 Å². The number of nitrogens with one attached hydrogen (secondary N) is 1. The van der Waals surface area contributed by atoms with Crippen LogP contribution in [0.3, 0.4) is 0 Å². The van der Waals surface area contributed by atoms with E-state index in [4.69, 9.17) is 11.6 Å². The largest absolute Gasteiger partial charge is 0.390 e. The molecule has 5 nitrogen and oxygen atoms in total. The maximum absolute atomic E-state index is 13.0. The molecule has 0 saturated heterocycles. The topological polar surface area (TPSA) is 71.3 Å². The number of anilines is 1. The number of nitrogens with zero attached hydrogens (tertiary/aromatic N) is 1. The van der Waals surface area contributed by atoms with Crippen LogP contribution in [0.1, 0.15) is 27.5 Å². The number of carbonyl (C=O) groups excluding carboxylic acids is 1. The van der Waals surface area contributed by atoms with Crippen LogP contribution in [-0.2, 0) is 6.42 Å². The minimum Gasteiger partial charge on any atom is -0.390 e. The Balaban J connectivity index is 1.68. The lowest BCUT2D eigenvalue weighted by Gasteiger charge is -2.20. The molecular weight excluding hydrogens is 364 g/mol. The van der Waals surface area contributed by atoms with Gasteiger partial charge in [-0.1, -0.05) is 35.9 Å². The molecule has 6 heteroatoms. The standard InChI is InChI=1S/C21H17ClN2O3/c22-14-7-9-15(10-8-14)23-20(26)17-6-3-11-24(21(17)27)19-16-5-2-1-4-13(16)12-18(19)25/h1-11,18-19,25H,12H2,(H,23,26)/t18-,19+/m1/s1. The highest BCUT2D eigenvalue weighted by Crippen LogP contribution is 2.33. The first-order valence-electron chi connectivity index (χ1n) is 8.58. The van der Waals surface area contributed by atoms with E-state index in [0.717, 1.165) is 11.1 Å². The summed E-state index contributed by atoms with van der Waals surface area (Å²) in [6, 6.07) is 16.9. The fourth-order valence-corrected chi connectivity index (χ4v) is 3.65. The molecule has 1 aliphatic carbocycles. The van der Waals surface area contributed by atoms with Crippen molar-refractivity contribution in [2.75, 3.05) is 5.32 Å². The second-order valence-corrected chi connectivity index (χ2v) is 6.95. The summed E-state index contributed by atoms with van der Waals surface area (Å²) in [6.45, 7) is 0. The van der Waals surface area contributed by atoms with Gasteiger partial charge in [-0.2, -0.15) is 0 Å². The number of pyridine rings is 1. The maximum atomic E-state index is 13.0. The van der Waals surface area contributed by atoms with E-state index in [1.165, 1.54) is 10.6 Å². The molecule has 0 spiro atoms. The smallest absolute Gasteiger partial charge is 0.264 e. The van der Waals surface area contributed by atoms with Gasteiger partial charge in [-0.15, -0.1) is 0 Å². The Morgan fingerprint density at radius 3 is 2.59 bits per heavy atom. The molecule has 4 rings (SSSR count). The van der Waals surface area contributed by atoms with Crippen molar-refractivity contribution in [1.82, 2.24) is 4.57 Å². The number of amides is 1. The van der Waals surface area contributed by atoms with Crippen molar-refractivity contribution in [3.63, 3.8) is 0 Å². The van der Waals surface area contributed by atoms with Crippen LogP contribution in [0.2, 0.25) is 5.02 Å². The van der Waals surface area contributed by atoms with Crippen molar-refractivity contribution in [1.29, 1.82) is 0 Å². The van der Waals surface area contributed by atoms with Crippen molar-refractivity contribution in [2.45, 2.75) is 18.6 Å². The van der Waals surface area contributed by atoms with Crippen LogP contribution in [0.25, 0.3) is 0 Å². The van der Waals surface area contributed by atoms with Crippen LogP contribution < -0.4 is 10.9 Å². The first-order chi connectivity index (χ1) is 13.0. The average molecular weight is 381 g/mol. The van der Waals surface area contributed by atoms with E-state index in [1.807, 2.05) is 24.3 Å². The molecule has 3 aromatic rings. The highest BCUT2D eigenvalue weighted by Gasteiger charge is 2.33. The summed E-state index contributed by atoms with van der Waals surface area (Å²) in [6.07, 6.45) is 1.38. The Bertz CT molecular complexity index is 1060. The number of rotatable bonds is 3. The molecule has 0 aliphatic heterocycles. The normalized spacial score (nSPS) is 18.1. The third-order valence-corrected chi connectivity index (χ3v) is 5.04. The Morgan fingerprint density at radius 2 is 1.81 bits per heavy atom. The van der Waals surface area contributed by atoms with Gasteiger partial charge in [0.1, 0.15) is 5.56 Å². The predicted octanol–water partition coefficient (Wildman–Crippen LogP) is 3.26. The minimum absolute atomic E-state index is 0.0176. The number of carbonyl (C=O) groups is 1. The van der Waals surface area contributed by atoms with Gasteiger partial charge in [-0.25, -0.2) is 0 Å². The number of fused-ring (bicyclic) bond motifs is 1. The van der Waals surface area contributed by atoms with Gasteiger partial charge >= 0.3 is 0 Å². The monoisotopic (exact) mass is 380 g/mol. The lowest BCUT2D eigenvalue weighted by molar-refractivity contribution is 0.102. The van der Waals surface area contributed by atoms with Crippen LogP contribution in [0.4, 0.5) is 5.69 Å². The highest BCUT2D eigenvalue weighted by molar-refractivity contribution is 6.30. The summed E-state index contributed by atoms with van der Waals surface area (Å²) in [5.74, 6) is -0.502. The summed E-state index contributed by atoms with van der Waals surface area (Å²) < 4.78 is 1.44. The second kappa shape index (κ2) is 7.02. The fraction of sp³-hybridized carbons (Fsp3) is 0.143. The van der Waals surface area contributed by atoms with E-state index in [1.54, 1.807) is 36.5 Å². The van der Waals surface area contributed by atoms with E-state index in [-0.39, 0.29) is 5.56 Å². The van der Waals surface area contributed by atoms with Gasteiger partial charge in [0.15, 0.2) is 0 Å². The van der Waals surface area contributed by atoms with Crippen molar-refractivity contribution in [3.8, 4) is 0 Å². The number of hydrogen-bond donors (Lipinski definition) is 2. The molecule has 1 heterocycles. The maximum Gasteiger partial charge on any atom is 0.264 e. The zero-order chi connectivity index (χ0) is 19.0. The lowest BCUT2D eigenvalue weighted by Crippen LogP contribution is -2.34. The fourth-order valence-electron chi connectivity index (χ4n) is 3.52. The zero-order valence-corrected chi connectivity index (χ0v) is 15.1. The van der Waals surface area contributed by atoms with Gasteiger partial charge in [0, 0.05) is 23.3 Å². The Labute approximate surface area is 160 Å². The molecule has 27 heavy (non-hydrogen) atoms. The number of aliphatic hydroxyl groups is 1. The lowest BCUT2D eigenvalue weighted by atomic mass is 10.1. The van der Waals surface area contributed by atoms with Crippen LogP contribution in [0.5, 0.6) is 0 Å². The van der Waals surface area contributed by atoms with Crippen LogP contribution in [0, 0.1) is 0 Å². The SMILES string of the molecule is O=C(Nc1ccc(Cl)cc1)c1cccn([C@H]2c3ccccc3C[C@H]2O)c1=O. The Kier molecular flexibility index (Phi) is 4.56. The molecule has 2 N–H and O–H groups in total. The molecule has 2 aromatic carbocycles. The Hall–Kier alpha value is -2.89. The van der Waals surface area contributed by atoms with Gasteiger partial charge in [-0.05, 0) is 47.5 Å². The van der Waals surface area contributed by atoms with E-state index in [0.29, 0.717) is 17.1 Å². The van der Waals surface area contributed by atoms with E-state index < -0.39 is 23.6 Å². The van der Waals surface area contributed by atoms with Gasteiger partial charge in [-0.3, -0.25) is 9.59 Å². The van der Waals surface area contributed by atoms with E-state index in [2.05, 4.69) is 5.32 Å². The number of aliphatic hydroxyl groups excluding tert-OH is 1. The van der Waals surface area contributed by atoms with Gasteiger partial charge in [0.2, 0.25) is 0 Å². The molecule has 1 amide bonds. The first-order valence-corrected chi connectivity index (χ1v) is 8.96. The summed E-state index contributed by atoms with van der Waals surface area (Å²) in [5, 5.41) is 13.8. The van der Waals surface area contributed by atoms with Gasteiger partial charge in [0.05, 0.1) is 12.1 Å². The quantitative estimate of drug-likeness (QED) is 0.732.